The fraction of sp³-hybridized carbons (Fsp3) is 0.167. The van der Waals surface area contributed by atoms with Gasteiger partial charge < -0.3 is 9.84 Å². The summed E-state index contributed by atoms with van der Waals surface area (Å²) < 4.78 is 6.87. The number of fused-ring (bicyclic) bond motifs is 1. The number of hydrogen-bond acceptors (Lipinski definition) is 7. The fourth-order valence-corrected chi connectivity index (χ4v) is 3.67. The van der Waals surface area contributed by atoms with Crippen molar-refractivity contribution in [3.63, 3.8) is 0 Å². The normalized spacial score (nSPS) is 11.1. The monoisotopic (exact) mass is 439 g/mol. The van der Waals surface area contributed by atoms with E-state index in [2.05, 4.69) is 25.7 Å². The maximum Gasteiger partial charge on any atom is 0.224 e. The second kappa shape index (κ2) is 8.62. The highest BCUT2D eigenvalue weighted by atomic mass is 16.5. The van der Waals surface area contributed by atoms with Crippen LogP contribution in [-0.2, 0) is 11.2 Å². The van der Waals surface area contributed by atoms with Crippen molar-refractivity contribution in [3.05, 3.63) is 77.9 Å². The second-order valence-electron chi connectivity index (χ2n) is 7.68. The molecule has 164 valence electrons. The van der Waals surface area contributed by atoms with Crippen molar-refractivity contribution >= 4 is 17.2 Å². The molecule has 33 heavy (non-hydrogen) atoms. The maximum absolute atomic E-state index is 12.4. The molecule has 0 atom stereocenters. The van der Waals surface area contributed by atoms with Gasteiger partial charge in [0.2, 0.25) is 5.91 Å². The molecular formula is C24H21N7O2. The van der Waals surface area contributed by atoms with Crippen LogP contribution < -0.4 is 5.32 Å². The van der Waals surface area contributed by atoms with E-state index in [9.17, 15) is 4.79 Å². The number of aryl methyl sites for hydroxylation is 2. The van der Waals surface area contributed by atoms with Crippen LogP contribution in [0.5, 0.6) is 0 Å². The number of amides is 1. The van der Waals surface area contributed by atoms with Crippen molar-refractivity contribution in [3.8, 4) is 22.6 Å². The maximum atomic E-state index is 12.4. The van der Waals surface area contributed by atoms with E-state index in [4.69, 9.17) is 9.62 Å². The highest BCUT2D eigenvalue weighted by Gasteiger charge is 2.13. The molecule has 0 aliphatic rings. The minimum atomic E-state index is -0.0613. The zero-order chi connectivity index (χ0) is 22.8. The molecule has 0 unspecified atom stereocenters. The number of benzene rings is 1. The Balaban J connectivity index is 1.30. The van der Waals surface area contributed by atoms with E-state index < -0.39 is 0 Å². The summed E-state index contributed by atoms with van der Waals surface area (Å²) in [6.45, 7) is 3.74. The molecule has 1 amide bonds. The first-order valence-electron chi connectivity index (χ1n) is 10.5. The van der Waals surface area contributed by atoms with Gasteiger partial charge in [-0.3, -0.25) is 9.78 Å². The molecule has 0 saturated heterocycles. The Morgan fingerprint density at radius 1 is 0.970 bits per heavy atom. The fourth-order valence-electron chi connectivity index (χ4n) is 3.67. The standard InChI is InChI=1S/C24H21N7O2/c1-15-20(16(2)33-30-15)7-10-23(32)26-19-5-3-17(4-6-19)21-8-9-22-27-28-24(31(22)29-21)18-11-13-25-14-12-18/h3-6,8-9,11-14H,7,10H2,1-2H3,(H,26,32). The average Bonchev–Trinajstić information content (AvgIpc) is 3.41. The van der Waals surface area contributed by atoms with Crippen LogP contribution >= 0.6 is 0 Å². The molecular weight excluding hydrogens is 418 g/mol. The lowest BCUT2D eigenvalue weighted by atomic mass is 10.1. The lowest BCUT2D eigenvalue weighted by Gasteiger charge is -2.07. The lowest BCUT2D eigenvalue weighted by molar-refractivity contribution is -0.116. The van der Waals surface area contributed by atoms with Crippen LogP contribution in [0.4, 0.5) is 5.69 Å². The van der Waals surface area contributed by atoms with Crippen LogP contribution in [0.2, 0.25) is 0 Å². The molecule has 0 radical (unpaired) electrons. The second-order valence-corrected chi connectivity index (χ2v) is 7.68. The van der Waals surface area contributed by atoms with Gasteiger partial charge in [-0.15, -0.1) is 10.2 Å². The Morgan fingerprint density at radius 3 is 2.48 bits per heavy atom. The van der Waals surface area contributed by atoms with E-state index >= 15 is 0 Å². The lowest BCUT2D eigenvalue weighted by Crippen LogP contribution is -2.12. The van der Waals surface area contributed by atoms with Crippen molar-refractivity contribution in [2.75, 3.05) is 5.32 Å². The molecule has 0 aliphatic heterocycles. The van der Waals surface area contributed by atoms with Crippen LogP contribution in [0.3, 0.4) is 0 Å². The number of rotatable bonds is 6. The molecule has 4 aromatic heterocycles. The van der Waals surface area contributed by atoms with Gasteiger partial charge in [-0.2, -0.15) is 9.61 Å². The Hall–Kier alpha value is -4.40. The number of aromatic nitrogens is 6. The Bertz CT molecular complexity index is 1400. The van der Waals surface area contributed by atoms with Crippen LogP contribution in [0.1, 0.15) is 23.4 Å². The molecule has 0 saturated carbocycles. The first kappa shape index (κ1) is 20.5. The molecule has 1 N–H and O–H groups in total. The number of anilines is 1. The molecule has 0 bridgehead atoms. The number of carbonyl (C=O) groups excluding carboxylic acids is 1. The summed E-state index contributed by atoms with van der Waals surface area (Å²) in [5.74, 6) is 1.35. The third-order valence-electron chi connectivity index (χ3n) is 5.45. The molecule has 5 aromatic rings. The van der Waals surface area contributed by atoms with E-state index in [-0.39, 0.29) is 5.91 Å². The number of hydrogen-bond donors (Lipinski definition) is 1. The first-order chi connectivity index (χ1) is 16.1. The molecule has 9 nitrogen and oxygen atoms in total. The van der Waals surface area contributed by atoms with Gasteiger partial charge in [0.25, 0.3) is 0 Å². The van der Waals surface area contributed by atoms with Gasteiger partial charge in [-0.1, -0.05) is 17.3 Å². The minimum Gasteiger partial charge on any atom is -0.361 e. The van der Waals surface area contributed by atoms with E-state index in [0.29, 0.717) is 24.3 Å². The summed E-state index contributed by atoms with van der Waals surface area (Å²) in [6, 6.07) is 15.1. The number of carbonyl (C=O) groups is 1. The summed E-state index contributed by atoms with van der Waals surface area (Å²) in [5.41, 5.74) is 5.78. The Kier molecular flexibility index (Phi) is 5.35. The summed E-state index contributed by atoms with van der Waals surface area (Å²) in [7, 11) is 0. The molecule has 0 aliphatic carbocycles. The van der Waals surface area contributed by atoms with Gasteiger partial charge in [0.1, 0.15) is 5.76 Å². The van der Waals surface area contributed by atoms with Gasteiger partial charge in [0.05, 0.1) is 11.4 Å². The zero-order valence-electron chi connectivity index (χ0n) is 18.2. The number of nitrogens with zero attached hydrogens (tertiary/aromatic N) is 6. The van der Waals surface area contributed by atoms with Gasteiger partial charge in [0, 0.05) is 41.2 Å². The van der Waals surface area contributed by atoms with Crippen molar-refractivity contribution in [1.82, 2.24) is 30.0 Å². The largest absolute Gasteiger partial charge is 0.361 e. The predicted octanol–water partition coefficient (Wildman–Crippen LogP) is 4.03. The third-order valence-corrected chi connectivity index (χ3v) is 5.45. The predicted molar refractivity (Wildman–Crippen MR) is 122 cm³/mol. The van der Waals surface area contributed by atoms with Gasteiger partial charge >= 0.3 is 0 Å². The van der Waals surface area contributed by atoms with Crippen LogP contribution in [0.25, 0.3) is 28.3 Å². The van der Waals surface area contributed by atoms with Crippen molar-refractivity contribution in [1.29, 1.82) is 0 Å². The van der Waals surface area contributed by atoms with Crippen LogP contribution in [0.15, 0.2) is 65.4 Å². The molecule has 9 heteroatoms. The van der Waals surface area contributed by atoms with Gasteiger partial charge in [-0.25, -0.2) is 0 Å². The summed E-state index contributed by atoms with van der Waals surface area (Å²) in [5, 5.41) is 20.0. The molecule has 0 spiro atoms. The first-order valence-corrected chi connectivity index (χ1v) is 10.5. The van der Waals surface area contributed by atoms with Gasteiger partial charge in [0.15, 0.2) is 11.5 Å². The van der Waals surface area contributed by atoms with Gasteiger partial charge in [-0.05, 0) is 56.7 Å². The quantitative estimate of drug-likeness (QED) is 0.425. The molecule has 1 aromatic carbocycles. The SMILES string of the molecule is Cc1noc(C)c1CCC(=O)Nc1ccc(-c2ccc3nnc(-c4ccncc4)n3n2)cc1. The third kappa shape index (κ3) is 4.20. The molecule has 0 fully saturated rings. The van der Waals surface area contributed by atoms with Crippen molar-refractivity contribution in [2.45, 2.75) is 26.7 Å². The summed E-state index contributed by atoms with van der Waals surface area (Å²) in [6.07, 6.45) is 4.37. The van der Waals surface area contributed by atoms with Crippen molar-refractivity contribution in [2.24, 2.45) is 0 Å². The van der Waals surface area contributed by atoms with E-state index in [1.807, 2.05) is 62.4 Å². The summed E-state index contributed by atoms with van der Waals surface area (Å²) >= 11 is 0. The summed E-state index contributed by atoms with van der Waals surface area (Å²) in [4.78, 5) is 16.4. The van der Waals surface area contributed by atoms with E-state index in [1.54, 1.807) is 16.9 Å². The number of nitrogens with one attached hydrogen (secondary N) is 1. The molecule has 4 heterocycles. The van der Waals surface area contributed by atoms with Crippen LogP contribution in [0, 0.1) is 13.8 Å². The topological polar surface area (TPSA) is 111 Å². The zero-order valence-corrected chi connectivity index (χ0v) is 18.2. The number of pyridine rings is 1. The minimum absolute atomic E-state index is 0.0613. The van der Waals surface area contributed by atoms with Crippen LogP contribution in [-0.4, -0.2) is 35.9 Å². The van der Waals surface area contributed by atoms with E-state index in [1.165, 1.54) is 0 Å². The van der Waals surface area contributed by atoms with E-state index in [0.717, 1.165) is 39.5 Å². The highest BCUT2D eigenvalue weighted by molar-refractivity contribution is 5.91. The smallest absolute Gasteiger partial charge is 0.224 e. The Morgan fingerprint density at radius 2 is 1.76 bits per heavy atom. The Labute approximate surface area is 189 Å². The highest BCUT2D eigenvalue weighted by Crippen LogP contribution is 2.23. The average molecular weight is 439 g/mol. The van der Waals surface area contributed by atoms with Crippen molar-refractivity contribution < 1.29 is 9.32 Å². The molecule has 5 rings (SSSR count).